The lowest BCUT2D eigenvalue weighted by molar-refractivity contribution is 0.00180. The Morgan fingerprint density at radius 3 is 3.05 bits per heavy atom. The van der Waals surface area contributed by atoms with Gasteiger partial charge in [-0.3, -0.25) is 4.79 Å². The van der Waals surface area contributed by atoms with Crippen LogP contribution < -0.4 is 0 Å². The van der Waals surface area contributed by atoms with Gasteiger partial charge in [0, 0.05) is 25.8 Å². The summed E-state index contributed by atoms with van der Waals surface area (Å²) in [5, 5.41) is 12.3. The molecule has 1 amide bonds. The van der Waals surface area contributed by atoms with E-state index in [1.165, 1.54) is 0 Å². The molecule has 0 aromatic carbocycles. The molecule has 1 aliphatic heterocycles. The fourth-order valence-corrected chi connectivity index (χ4v) is 2.18. The maximum Gasteiger partial charge on any atom is 0.374 e. The Bertz CT molecular complexity index is 485. The molecular weight excluding hydrogens is 264 g/mol. The molecule has 2 heterocycles. The molecule has 1 aromatic rings. The van der Waals surface area contributed by atoms with Crippen molar-refractivity contribution in [1.29, 1.82) is 0 Å². The zero-order valence-electron chi connectivity index (χ0n) is 11.4. The minimum atomic E-state index is -1.24. The second kappa shape index (κ2) is 6.51. The molecule has 1 unspecified atom stereocenters. The topological polar surface area (TPSA) is 92.9 Å². The number of carboxylic acid groups (broad SMARTS) is 1. The zero-order chi connectivity index (χ0) is 14.5. The second-order valence-electron chi connectivity index (χ2n) is 4.77. The first kappa shape index (κ1) is 14.5. The SMILES string of the molecule is CCCOC1CCCN(C(=O)c2cc(C(=O)O)on2)C1. The maximum absolute atomic E-state index is 12.2. The smallest absolute Gasteiger partial charge is 0.374 e. The van der Waals surface area contributed by atoms with Crippen LogP contribution in [-0.2, 0) is 4.74 Å². The van der Waals surface area contributed by atoms with Crippen LogP contribution in [-0.4, -0.2) is 52.8 Å². The van der Waals surface area contributed by atoms with E-state index in [0.29, 0.717) is 19.7 Å². The normalized spacial score (nSPS) is 19.1. The molecule has 0 radical (unpaired) electrons. The lowest BCUT2D eigenvalue weighted by Crippen LogP contribution is -2.43. The summed E-state index contributed by atoms with van der Waals surface area (Å²) in [6.45, 7) is 3.85. The molecule has 1 N–H and O–H groups in total. The van der Waals surface area contributed by atoms with Gasteiger partial charge in [0.2, 0.25) is 5.76 Å². The Morgan fingerprint density at radius 2 is 2.40 bits per heavy atom. The van der Waals surface area contributed by atoms with E-state index in [1.807, 2.05) is 6.92 Å². The fourth-order valence-electron chi connectivity index (χ4n) is 2.18. The molecule has 1 fully saturated rings. The van der Waals surface area contributed by atoms with Crippen molar-refractivity contribution in [3.05, 3.63) is 17.5 Å². The van der Waals surface area contributed by atoms with Crippen LogP contribution in [0.3, 0.4) is 0 Å². The number of piperidine rings is 1. The predicted molar refractivity (Wildman–Crippen MR) is 68.6 cm³/mol. The minimum absolute atomic E-state index is 0.0264. The summed E-state index contributed by atoms with van der Waals surface area (Å²) >= 11 is 0. The molecule has 1 atom stereocenters. The number of carboxylic acids is 1. The van der Waals surface area contributed by atoms with Crippen molar-refractivity contribution >= 4 is 11.9 Å². The van der Waals surface area contributed by atoms with Crippen LogP contribution in [0, 0.1) is 0 Å². The highest BCUT2D eigenvalue weighted by atomic mass is 16.5. The molecule has 2 rings (SSSR count). The molecule has 0 spiro atoms. The summed E-state index contributed by atoms with van der Waals surface area (Å²) in [7, 11) is 0. The third kappa shape index (κ3) is 3.36. The maximum atomic E-state index is 12.2. The summed E-state index contributed by atoms with van der Waals surface area (Å²) < 4.78 is 10.3. The van der Waals surface area contributed by atoms with Crippen LogP contribution in [0.1, 0.15) is 47.2 Å². The van der Waals surface area contributed by atoms with Gasteiger partial charge in [0.15, 0.2) is 5.69 Å². The molecule has 20 heavy (non-hydrogen) atoms. The number of rotatable bonds is 5. The summed E-state index contributed by atoms with van der Waals surface area (Å²) in [5.74, 6) is -1.88. The van der Waals surface area contributed by atoms with Gasteiger partial charge in [-0.15, -0.1) is 0 Å². The highest BCUT2D eigenvalue weighted by molar-refractivity contribution is 5.94. The Kier molecular flexibility index (Phi) is 4.73. The molecule has 7 nitrogen and oxygen atoms in total. The second-order valence-corrected chi connectivity index (χ2v) is 4.77. The zero-order valence-corrected chi connectivity index (χ0v) is 11.4. The van der Waals surface area contributed by atoms with Gasteiger partial charge in [0.1, 0.15) is 0 Å². The van der Waals surface area contributed by atoms with Crippen molar-refractivity contribution in [2.45, 2.75) is 32.3 Å². The third-order valence-electron chi connectivity index (χ3n) is 3.16. The van der Waals surface area contributed by atoms with Crippen molar-refractivity contribution in [2.24, 2.45) is 0 Å². The first-order valence-corrected chi connectivity index (χ1v) is 6.72. The Labute approximate surface area is 116 Å². The molecule has 0 saturated carbocycles. The number of hydrogen-bond donors (Lipinski definition) is 1. The molecule has 1 saturated heterocycles. The van der Waals surface area contributed by atoms with Gasteiger partial charge >= 0.3 is 5.97 Å². The van der Waals surface area contributed by atoms with Gasteiger partial charge in [-0.2, -0.15) is 0 Å². The van der Waals surface area contributed by atoms with Crippen LogP contribution in [0.4, 0.5) is 0 Å². The molecule has 0 aliphatic carbocycles. The molecule has 0 bridgehead atoms. The highest BCUT2D eigenvalue weighted by Gasteiger charge is 2.27. The number of amides is 1. The molecular formula is C13H18N2O5. The van der Waals surface area contributed by atoms with Gasteiger partial charge < -0.3 is 19.3 Å². The predicted octanol–water partition coefficient (Wildman–Crippen LogP) is 1.40. The van der Waals surface area contributed by atoms with Crippen LogP contribution in [0.2, 0.25) is 0 Å². The van der Waals surface area contributed by atoms with E-state index in [9.17, 15) is 9.59 Å². The van der Waals surface area contributed by atoms with Crippen molar-refractivity contribution in [3.8, 4) is 0 Å². The van der Waals surface area contributed by atoms with Crippen molar-refractivity contribution in [3.63, 3.8) is 0 Å². The molecule has 7 heteroatoms. The molecule has 110 valence electrons. The summed E-state index contributed by atoms with van der Waals surface area (Å²) in [4.78, 5) is 24.5. The van der Waals surface area contributed by atoms with E-state index in [4.69, 9.17) is 9.84 Å². The average Bonchev–Trinajstić information content (AvgIpc) is 2.94. The van der Waals surface area contributed by atoms with Crippen molar-refractivity contribution < 1.29 is 24.0 Å². The van der Waals surface area contributed by atoms with Crippen molar-refractivity contribution in [1.82, 2.24) is 10.1 Å². The number of hydrogen-bond acceptors (Lipinski definition) is 5. The van der Waals surface area contributed by atoms with Gasteiger partial charge in [0.05, 0.1) is 6.10 Å². The fraction of sp³-hybridized carbons (Fsp3) is 0.615. The lowest BCUT2D eigenvalue weighted by atomic mass is 10.1. The van der Waals surface area contributed by atoms with E-state index < -0.39 is 5.97 Å². The minimum Gasteiger partial charge on any atom is -0.475 e. The summed E-state index contributed by atoms with van der Waals surface area (Å²) in [6.07, 6.45) is 2.78. The first-order valence-electron chi connectivity index (χ1n) is 6.72. The monoisotopic (exact) mass is 282 g/mol. The summed E-state index contributed by atoms with van der Waals surface area (Å²) in [6, 6.07) is 1.15. The molecule has 1 aromatic heterocycles. The van der Waals surface area contributed by atoms with E-state index in [2.05, 4.69) is 9.68 Å². The number of nitrogens with zero attached hydrogens (tertiary/aromatic N) is 2. The van der Waals surface area contributed by atoms with Crippen LogP contribution in [0.25, 0.3) is 0 Å². The van der Waals surface area contributed by atoms with Crippen LogP contribution in [0.5, 0.6) is 0 Å². The highest BCUT2D eigenvalue weighted by Crippen LogP contribution is 2.16. The Balaban J connectivity index is 1.98. The number of likely N-dealkylation sites (tertiary alicyclic amines) is 1. The quantitative estimate of drug-likeness (QED) is 0.877. The lowest BCUT2D eigenvalue weighted by Gasteiger charge is -2.32. The third-order valence-corrected chi connectivity index (χ3v) is 3.16. The van der Waals surface area contributed by atoms with E-state index >= 15 is 0 Å². The molecule has 1 aliphatic rings. The van der Waals surface area contributed by atoms with E-state index in [-0.39, 0.29) is 23.5 Å². The van der Waals surface area contributed by atoms with Crippen molar-refractivity contribution in [2.75, 3.05) is 19.7 Å². The number of aromatic carboxylic acids is 1. The van der Waals surface area contributed by atoms with E-state index in [1.54, 1.807) is 4.90 Å². The Hall–Kier alpha value is -1.89. The Morgan fingerprint density at radius 1 is 1.60 bits per heavy atom. The number of ether oxygens (including phenoxy) is 1. The number of aromatic nitrogens is 1. The summed E-state index contributed by atoms with van der Waals surface area (Å²) in [5.41, 5.74) is 0.0264. The van der Waals surface area contributed by atoms with Crippen LogP contribution in [0.15, 0.2) is 10.6 Å². The standard InChI is InChI=1S/C13H18N2O5/c1-2-6-19-9-4-3-5-15(8-9)12(16)10-7-11(13(17)18)20-14-10/h7,9H,2-6,8H2,1H3,(H,17,18). The first-order chi connectivity index (χ1) is 9.61. The van der Waals surface area contributed by atoms with E-state index in [0.717, 1.165) is 25.3 Å². The van der Waals surface area contributed by atoms with Gasteiger partial charge in [-0.1, -0.05) is 12.1 Å². The average molecular weight is 282 g/mol. The van der Waals surface area contributed by atoms with Gasteiger partial charge in [-0.05, 0) is 19.3 Å². The van der Waals surface area contributed by atoms with Gasteiger partial charge in [0.25, 0.3) is 5.91 Å². The van der Waals surface area contributed by atoms with Gasteiger partial charge in [-0.25, -0.2) is 4.79 Å². The number of carbonyl (C=O) groups excluding carboxylic acids is 1. The largest absolute Gasteiger partial charge is 0.475 e. The number of carbonyl (C=O) groups is 2. The van der Waals surface area contributed by atoms with Crippen LogP contribution >= 0.6 is 0 Å².